The number of hydrogen-bond acceptors (Lipinski definition) is 4. The highest BCUT2D eigenvalue weighted by molar-refractivity contribution is 6.07. The van der Waals surface area contributed by atoms with E-state index >= 15 is 0 Å². The van der Waals surface area contributed by atoms with Crippen LogP contribution in [0.25, 0.3) is 10.9 Å². The molecule has 1 aromatic carbocycles. The van der Waals surface area contributed by atoms with Gasteiger partial charge in [-0.3, -0.25) is 25.2 Å². The lowest BCUT2D eigenvalue weighted by Gasteiger charge is -2.07. The zero-order valence-electron chi connectivity index (χ0n) is 14.1. The summed E-state index contributed by atoms with van der Waals surface area (Å²) in [5.41, 5.74) is 6.12. The maximum absolute atomic E-state index is 12.3. The first-order valence-electron chi connectivity index (χ1n) is 8.01. The summed E-state index contributed by atoms with van der Waals surface area (Å²) in [6.07, 6.45) is 3.11. The van der Waals surface area contributed by atoms with Gasteiger partial charge in [-0.2, -0.15) is 0 Å². The first-order valence-corrected chi connectivity index (χ1v) is 8.01. The third-order valence-electron chi connectivity index (χ3n) is 3.84. The van der Waals surface area contributed by atoms with E-state index in [1.54, 1.807) is 12.3 Å². The molecule has 3 N–H and O–H groups in total. The molecule has 0 aliphatic carbocycles. The van der Waals surface area contributed by atoms with Crippen LogP contribution in [0.15, 0.2) is 53.3 Å². The van der Waals surface area contributed by atoms with Gasteiger partial charge in [0.15, 0.2) is 5.76 Å². The summed E-state index contributed by atoms with van der Waals surface area (Å²) in [5, 5.41) is 3.35. The van der Waals surface area contributed by atoms with E-state index in [2.05, 4.69) is 16.2 Å². The van der Waals surface area contributed by atoms with Crippen LogP contribution < -0.4 is 16.2 Å². The number of para-hydroxylation sites is 1. The summed E-state index contributed by atoms with van der Waals surface area (Å²) in [5.74, 6) is -1.05. The summed E-state index contributed by atoms with van der Waals surface area (Å²) in [7, 11) is 1.85. The van der Waals surface area contributed by atoms with E-state index in [4.69, 9.17) is 4.42 Å². The van der Waals surface area contributed by atoms with Crippen LogP contribution in [0.4, 0.5) is 0 Å². The molecular formula is C18H18N4O4. The molecule has 0 saturated carbocycles. The van der Waals surface area contributed by atoms with Crippen molar-refractivity contribution < 1.29 is 18.8 Å². The van der Waals surface area contributed by atoms with E-state index in [1.807, 2.05) is 35.9 Å². The summed E-state index contributed by atoms with van der Waals surface area (Å²) in [4.78, 5) is 35.8. The average Bonchev–Trinajstić information content (AvgIpc) is 3.29. The van der Waals surface area contributed by atoms with Gasteiger partial charge in [-0.05, 0) is 18.2 Å². The Morgan fingerprint density at radius 2 is 1.85 bits per heavy atom. The van der Waals surface area contributed by atoms with Gasteiger partial charge in [0.1, 0.15) is 0 Å². The van der Waals surface area contributed by atoms with Gasteiger partial charge in [0.25, 0.3) is 11.8 Å². The quantitative estimate of drug-likeness (QED) is 0.602. The number of hydrazine groups is 1. The molecule has 0 fully saturated rings. The smallest absolute Gasteiger partial charge is 0.286 e. The lowest BCUT2D eigenvalue weighted by atomic mass is 10.2. The number of carbonyl (C=O) groups is 3. The zero-order valence-corrected chi connectivity index (χ0v) is 14.1. The number of rotatable bonds is 5. The first-order chi connectivity index (χ1) is 12.6. The molecule has 8 heteroatoms. The van der Waals surface area contributed by atoms with E-state index in [0.717, 1.165) is 10.9 Å². The molecule has 3 rings (SSSR count). The summed E-state index contributed by atoms with van der Waals surface area (Å²) in [6.45, 7) is 0.121. The Morgan fingerprint density at radius 3 is 2.62 bits per heavy atom. The average molecular weight is 354 g/mol. The Labute approximate surface area is 149 Å². The molecular weight excluding hydrogens is 336 g/mol. The monoisotopic (exact) mass is 354 g/mol. The lowest BCUT2D eigenvalue weighted by Crippen LogP contribution is -2.42. The molecule has 0 unspecified atom stereocenters. The van der Waals surface area contributed by atoms with E-state index in [1.165, 1.54) is 12.3 Å². The number of carbonyl (C=O) groups excluding carboxylic acids is 3. The van der Waals surface area contributed by atoms with Crippen LogP contribution >= 0.6 is 0 Å². The predicted molar refractivity (Wildman–Crippen MR) is 94.2 cm³/mol. The summed E-state index contributed by atoms with van der Waals surface area (Å²) in [6, 6.07) is 10.6. The van der Waals surface area contributed by atoms with Gasteiger partial charge in [0.2, 0.25) is 5.91 Å². The minimum absolute atomic E-state index is 0.0161. The topological polar surface area (TPSA) is 105 Å². The molecule has 0 aliphatic heterocycles. The third kappa shape index (κ3) is 3.75. The van der Waals surface area contributed by atoms with Crippen LogP contribution in [0.2, 0.25) is 0 Å². The number of nitrogens with one attached hydrogen (secondary N) is 3. The van der Waals surface area contributed by atoms with Crippen molar-refractivity contribution in [2.24, 2.45) is 7.05 Å². The fourth-order valence-corrected chi connectivity index (χ4v) is 2.56. The molecule has 0 atom stereocenters. The second-order valence-electron chi connectivity index (χ2n) is 5.66. The van der Waals surface area contributed by atoms with Crippen molar-refractivity contribution in [3.63, 3.8) is 0 Å². The molecule has 0 saturated heterocycles. The number of nitrogens with zero attached hydrogens (tertiary/aromatic N) is 1. The maximum atomic E-state index is 12.3. The Kier molecular flexibility index (Phi) is 5.02. The van der Waals surface area contributed by atoms with E-state index < -0.39 is 17.7 Å². The number of amides is 3. The molecule has 134 valence electrons. The summed E-state index contributed by atoms with van der Waals surface area (Å²) < 4.78 is 6.79. The molecule has 0 spiro atoms. The van der Waals surface area contributed by atoms with Gasteiger partial charge in [-0.25, -0.2) is 0 Å². The second-order valence-corrected chi connectivity index (χ2v) is 5.66. The number of fused-ring (bicyclic) bond motifs is 1. The molecule has 2 heterocycles. The Hall–Kier alpha value is -3.55. The van der Waals surface area contributed by atoms with Crippen molar-refractivity contribution >= 4 is 28.6 Å². The minimum atomic E-state index is -0.418. The first kappa shape index (κ1) is 17.3. The van der Waals surface area contributed by atoms with E-state index in [-0.39, 0.29) is 18.7 Å². The molecule has 26 heavy (non-hydrogen) atoms. The van der Waals surface area contributed by atoms with Crippen LogP contribution in [-0.2, 0) is 11.8 Å². The van der Waals surface area contributed by atoms with Crippen molar-refractivity contribution in [3.8, 4) is 0 Å². The van der Waals surface area contributed by atoms with Gasteiger partial charge in [0, 0.05) is 37.1 Å². The van der Waals surface area contributed by atoms with Crippen LogP contribution in [-0.4, -0.2) is 28.8 Å². The van der Waals surface area contributed by atoms with Gasteiger partial charge < -0.3 is 14.3 Å². The van der Waals surface area contributed by atoms with Gasteiger partial charge in [-0.1, -0.05) is 18.2 Å². The second kappa shape index (κ2) is 7.56. The van der Waals surface area contributed by atoms with E-state index in [9.17, 15) is 14.4 Å². The molecule has 3 aromatic rings. The highest BCUT2D eigenvalue weighted by Gasteiger charge is 2.14. The van der Waals surface area contributed by atoms with Crippen molar-refractivity contribution in [2.75, 3.05) is 6.54 Å². The molecule has 0 aliphatic rings. The molecule has 0 radical (unpaired) electrons. The van der Waals surface area contributed by atoms with Gasteiger partial charge >= 0.3 is 0 Å². The largest absolute Gasteiger partial charge is 0.459 e. The van der Waals surface area contributed by atoms with Crippen LogP contribution in [0, 0.1) is 0 Å². The number of benzene rings is 1. The van der Waals surface area contributed by atoms with Crippen molar-refractivity contribution in [1.82, 2.24) is 20.7 Å². The Morgan fingerprint density at radius 1 is 1.04 bits per heavy atom. The zero-order chi connectivity index (χ0) is 18.5. The normalized spacial score (nSPS) is 10.5. The van der Waals surface area contributed by atoms with Crippen molar-refractivity contribution in [1.29, 1.82) is 0 Å². The molecule has 0 bridgehead atoms. The predicted octanol–water partition coefficient (Wildman–Crippen LogP) is 1.35. The van der Waals surface area contributed by atoms with Crippen molar-refractivity contribution in [2.45, 2.75) is 6.42 Å². The lowest BCUT2D eigenvalue weighted by molar-refractivity contribution is -0.121. The summed E-state index contributed by atoms with van der Waals surface area (Å²) >= 11 is 0. The highest BCUT2D eigenvalue weighted by Crippen LogP contribution is 2.19. The number of aryl methyl sites for hydroxylation is 1. The Bertz CT molecular complexity index is 943. The van der Waals surface area contributed by atoms with Gasteiger partial charge in [0.05, 0.1) is 11.8 Å². The molecule has 8 nitrogen and oxygen atoms in total. The van der Waals surface area contributed by atoms with E-state index in [0.29, 0.717) is 5.56 Å². The molecule has 2 aromatic heterocycles. The fraction of sp³-hybridized carbons (Fsp3) is 0.167. The number of hydrogen-bond donors (Lipinski definition) is 3. The van der Waals surface area contributed by atoms with Gasteiger partial charge in [-0.15, -0.1) is 0 Å². The minimum Gasteiger partial charge on any atom is -0.459 e. The maximum Gasteiger partial charge on any atom is 0.286 e. The van der Waals surface area contributed by atoms with Crippen LogP contribution in [0.3, 0.4) is 0 Å². The van der Waals surface area contributed by atoms with Crippen LogP contribution in [0.5, 0.6) is 0 Å². The molecule has 3 amide bonds. The fourth-order valence-electron chi connectivity index (χ4n) is 2.56. The third-order valence-corrected chi connectivity index (χ3v) is 3.84. The Balaban J connectivity index is 1.48. The van der Waals surface area contributed by atoms with Crippen LogP contribution in [0.1, 0.15) is 27.3 Å². The highest BCUT2D eigenvalue weighted by atomic mass is 16.3. The number of furan rings is 1. The standard InChI is InChI=1S/C18H18N4O4/c1-22-11-13(12-5-2-3-6-14(12)22)17(24)21-20-16(23)8-9-19-18(25)15-7-4-10-26-15/h2-7,10-11H,8-9H2,1H3,(H,19,25)(H,20,23)(H,21,24). The number of aromatic nitrogens is 1. The SMILES string of the molecule is Cn1cc(C(=O)NNC(=O)CCNC(=O)c2ccco2)c2ccccc21. The van der Waals surface area contributed by atoms with Crippen molar-refractivity contribution in [3.05, 3.63) is 60.2 Å².